The zero-order valence-corrected chi connectivity index (χ0v) is 9.93. The Morgan fingerprint density at radius 2 is 2.41 bits per heavy atom. The number of nitrogens with zero attached hydrogens (tertiary/aromatic N) is 2. The van der Waals surface area contributed by atoms with Gasteiger partial charge in [-0.2, -0.15) is 5.10 Å². The fourth-order valence-electron chi connectivity index (χ4n) is 1.97. The van der Waals surface area contributed by atoms with Gasteiger partial charge in [-0.1, -0.05) is 0 Å². The Kier molecular flexibility index (Phi) is 3.12. The molecule has 0 saturated carbocycles. The molecule has 6 nitrogen and oxygen atoms in total. The molecule has 2 rings (SSSR count). The highest BCUT2D eigenvalue weighted by Gasteiger charge is 2.35. The summed E-state index contributed by atoms with van der Waals surface area (Å²) in [5.41, 5.74) is 0. The highest BCUT2D eigenvalue weighted by molar-refractivity contribution is 5.96. The molecule has 0 bridgehead atoms. The molecule has 1 atom stereocenters. The topological polar surface area (TPSA) is 78.1 Å². The largest absolute Gasteiger partial charge is 0.339 e. The van der Waals surface area contributed by atoms with Crippen LogP contribution in [0.15, 0.2) is 12.3 Å². The van der Waals surface area contributed by atoms with Crippen molar-refractivity contribution >= 4 is 17.6 Å². The fraction of sp³-hybridized carbons (Fsp3) is 0.545. The molecule has 1 unspecified atom stereocenters. The first kappa shape index (κ1) is 11.6. The van der Waals surface area contributed by atoms with Crippen LogP contribution in [0.4, 0.5) is 5.82 Å². The van der Waals surface area contributed by atoms with Crippen molar-refractivity contribution in [1.29, 1.82) is 0 Å². The van der Waals surface area contributed by atoms with E-state index in [0.29, 0.717) is 12.4 Å². The molecule has 17 heavy (non-hydrogen) atoms. The van der Waals surface area contributed by atoms with E-state index in [9.17, 15) is 9.59 Å². The quantitative estimate of drug-likeness (QED) is 0.807. The molecule has 0 radical (unpaired) electrons. The Balaban J connectivity index is 1.96. The minimum Gasteiger partial charge on any atom is -0.339 e. The Morgan fingerprint density at radius 3 is 2.94 bits per heavy atom. The summed E-state index contributed by atoms with van der Waals surface area (Å²) in [5.74, 6) is 0.203. The van der Waals surface area contributed by atoms with Crippen LogP contribution in [-0.4, -0.2) is 39.5 Å². The molecule has 0 aliphatic carbocycles. The number of likely N-dealkylation sites (tertiary alicyclic amines) is 1. The van der Waals surface area contributed by atoms with Crippen molar-refractivity contribution in [2.45, 2.75) is 26.3 Å². The lowest BCUT2D eigenvalue weighted by Crippen LogP contribution is -2.33. The Hall–Kier alpha value is -1.85. The van der Waals surface area contributed by atoms with Crippen molar-refractivity contribution in [2.75, 3.05) is 11.9 Å². The molecular formula is C11H16N4O2. The van der Waals surface area contributed by atoms with E-state index in [-0.39, 0.29) is 30.2 Å². The van der Waals surface area contributed by atoms with E-state index in [1.807, 2.05) is 13.8 Å². The molecule has 6 heteroatoms. The molecule has 1 aromatic heterocycles. The maximum absolute atomic E-state index is 11.9. The van der Waals surface area contributed by atoms with Gasteiger partial charge in [0.15, 0.2) is 0 Å². The van der Waals surface area contributed by atoms with Gasteiger partial charge in [0.1, 0.15) is 5.82 Å². The number of aromatic amines is 1. The van der Waals surface area contributed by atoms with Gasteiger partial charge in [-0.05, 0) is 13.8 Å². The molecular weight excluding hydrogens is 220 g/mol. The number of nitrogens with one attached hydrogen (secondary N) is 2. The average molecular weight is 236 g/mol. The van der Waals surface area contributed by atoms with Crippen LogP contribution in [0.5, 0.6) is 0 Å². The van der Waals surface area contributed by atoms with E-state index >= 15 is 0 Å². The van der Waals surface area contributed by atoms with Gasteiger partial charge in [0.05, 0.1) is 12.1 Å². The van der Waals surface area contributed by atoms with Gasteiger partial charge < -0.3 is 10.2 Å². The molecule has 1 aliphatic rings. The number of hydrogen-bond donors (Lipinski definition) is 2. The van der Waals surface area contributed by atoms with Crippen molar-refractivity contribution in [3.63, 3.8) is 0 Å². The summed E-state index contributed by atoms with van der Waals surface area (Å²) >= 11 is 0. The summed E-state index contributed by atoms with van der Waals surface area (Å²) in [7, 11) is 0. The highest BCUT2D eigenvalue weighted by atomic mass is 16.2. The predicted octanol–water partition coefficient (Wildman–Crippen LogP) is 0.605. The van der Waals surface area contributed by atoms with Crippen LogP contribution in [0.1, 0.15) is 20.3 Å². The lowest BCUT2D eigenvalue weighted by atomic mass is 10.1. The summed E-state index contributed by atoms with van der Waals surface area (Å²) in [6, 6.07) is 1.82. The van der Waals surface area contributed by atoms with E-state index in [4.69, 9.17) is 0 Å². The summed E-state index contributed by atoms with van der Waals surface area (Å²) in [5, 5.41) is 9.11. The average Bonchev–Trinajstić information content (AvgIpc) is 2.86. The van der Waals surface area contributed by atoms with Gasteiger partial charge >= 0.3 is 0 Å². The molecule has 2 N–H and O–H groups in total. The first-order valence-electron chi connectivity index (χ1n) is 5.67. The number of carbonyl (C=O) groups is 2. The van der Waals surface area contributed by atoms with Gasteiger partial charge in [-0.25, -0.2) is 0 Å². The van der Waals surface area contributed by atoms with Crippen LogP contribution >= 0.6 is 0 Å². The lowest BCUT2D eigenvalue weighted by molar-refractivity contribution is -0.129. The van der Waals surface area contributed by atoms with E-state index in [1.165, 1.54) is 0 Å². The molecule has 1 aliphatic heterocycles. The molecule has 2 amide bonds. The zero-order chi connectivity index (χ0) is 12.4. The third-order valence-corrected chi connectivity index (χ3v) is 2.91. The van der Waals surface area contributed by atoms with Crippen LogP contribution in [0.3, 0.4) is 0 Å². The molecule has 92 valence electrons. The van der Waals surface area contributed by atoms with Crippen LogP contribution in [-0.2, 0) is 9.59 Å². The minimum absolute atomic E-state index is 0.0461. The summed E-state index contributed by atoms with van der Waals surface area (Å²) in [4.78, 5) is 25.3. The van der Waals surface area contributed by atoms with Crippen molar-refractivity contribution in [1.82, 2.24) is 15.1 Å². The Morgan fingerprint density at radius 1 is 1.65 bits per heavy atom. The number of rotatable bonds is 3. The molecule has 1 aromatic rings. The van der Waals surface area contributed by atoms with Crippen molar-refractivity contribution < 1.29 is 9.59 Å². The van der Waals surface area contributed by atoms with Gasteiger partial charge in [-0.3, -0.25) is 14.7 Å². The summed E-state index contributed by atoms with van der Waals surface area (Å²) in [6.45, 7) is 4.40. The van der Waals surface area contributed by atoms with Gasteiger partial charge in [0.25, 0.3) is 0 Å². The normalized spacial score (nSPS) is 20.1. The van der Waals surface area contributed by atoms with E-state index < -0.39 is 0 Å². The summed E-state index contributed by atoms with van der Waals surface area (Å²) in [6.07, 6.45) is 1.86. The van der Waals surface area contributed by atoms with E-state index in [2.05, 4.69) is 15.5 Å². The number of hydrogen-bond acceptors (Lipinski definition) is 3. The van der Waals surface area contributed by atoms with Crippen LogP contribution in [0.25, 0.3) is 0 Å². The SMILES string of the molecule is CC(C)N1CC(C(=O)Nc2ccn[nH]2)CC1=O. The first-order valence-corrected chi connectivity index (χ1v) is 5.67. The number of H-pyrrole nitrogens is 1. The lowest BCUT2D eigenvalue weighted by Gasteiger charge is -2.20. The number of anilines is 1. The maximum atomic E-state index is 11.9. The van der Waals surface area contributed by atoms with E-state index in [0.717, 1.165) is 0 Å². The Labute approximate surface area is 99.4 Å². The number of amides is 2. The maximum Gasteiger partial charge on any atom is 0.230 e. The molecule has 0 aromatic carbocycles. The number of carbonyl (C=O) groups excluding carboxylic acids is 2. The third-order valence-electron chi connectivity index (χ3n) is 2.91. The van der Waals surface area contributed by atoms with Gasteiger partial charge in [0.2, 0.25) is 11.8 Å². The second-order valence-electron chi connectivity index (χ2n) is 4.50. The third kappa shape index (κ3) is 2.46. The first-order chi connectivity index (χ1) is 8.08. The van der Waals surface area contributed by atoms with Gasteiger partial charge in [-0.15, -0.1) is 0 Å². The summed E-state index contributed by atoms with van der Waals surface area (Å²) < 4.78 is 0. The second-order valence-corrected chi connectivity index (χ2v) is 4.50. The predicted molar refractivity (Wildman–Crippen MR) is 62.2 cm³/mol. The second kappa shape index (κ2) is 4.57. The molecule has 1 saturated heterocycles. The van der Waals surface area contributed by atoms with Crippen molar-refractivity contribution in [3.05, 3.63) is 12.3 Å². The standard InChI is InChI=1S/C11H16N4O2/c1-7(2)15-6-8(5-10(15)16)11(17)13-9-3-4-12-14-9/h3-4,7-8H,5-6H2,1-2H3,(H2,12,13,14,17). The van der Waals surface area contributed by atoms with Crippen LogP contribution < -0.4 is 5.32 Å². The van der Waals surface area contributed by atoms with Crippen molar-refractivity contribution in [3.8, 4) is 0 Å². The highest BCUT2D eigenvalue weighted by Crippen LogP contribution is 2.21. The smallest absolute Gasteiger partial charge is 0.230 e. The number of aromatic nitrogens is 2. The minimum atomic E-state index is -0.270. The van der Waals surface area contributed by atoms with Crippen LogP contribution in [0.2, 0.25) is 0 Å². The molecule has 1 fully saturated rings. The fourth-order valence-corrected chi connectivity index (χ4v) is 1.97. The monoisotopic (exact) mass is 236 g/mol. The van der Waals surface area contributed by atoms with Crippen LogP contribution in [0, 0.1) is 5.92 Å². The molecule has 0 spiro atoms. The van der Waals surface area contributed by atoms with Gasteiger partial charge in [0, 0.05) is 25.1 Å². The molecule has 2 heterocycles. The Bertz CT molecular complexity index is 413. The zero-order valence-electron chi connectivity index (χ0n) is 9.93. The van der Waals surface area contributed by atoms with Crippen molar-refractivity contribution in [2.24, 2.45) is 5.92 Å². The van der Waals surface area contributed by atoms with E-state index in [1.54, 1.807) is 17.2 Å².